The highest BCUT2D eigenvalue weighted by Gasteiger charge is 2.21. The fourth-order valence-corrected chi connectivity index (χ4v) is 1.43. The molecular formula is C11H5F2NO5. The van der Waals surface area contributed by atoms with E-state index in [4.69, 9.17) is 10.2 Å². The van der Waals surface area contributed by atoms with Crippen LogP contribution in [-0.4, -0.2) is 27.3 Å². The molecular weight excluding hydrogens is 264 g/mol. The molecule has 1 heterocycles. The fraction of sp³-hybridized carbons (Fsp3) is 0. The summed E-state index contributed by atoms with van der Waals surface area (Å²) in [5, 5.41) is 20.3. The standard InChI is InChI=1S/C11H5F2NO5/c12-5-1-4(10(15)16)2-6(13)9(5)8-3-7(11(17)18)14-19-8/h1-3H,(H,15,16)(H,17,18). The van der Waals surface area contributed by atoms with Crippen molar-refractivity contribution in [3.8, 4) is 11.3 Å². The summed E-state index contributed by atoms with van der Waals surface area (Å²) in [6.07, 6.45) is 0. The molecule has 8 heteroatoms. The molecule has 2 rings (SSSR count). The van der Waals surface area contributed by atoms with Crippen molar-refractivity contribution in [3.05, 3.63) is 41.1 Å². The maximum absolute atomic E-state index is 13.6. The molecule has 0 atom stereocenters. The lowest BCUT2D eigenvalue weighted by Gasteiger charge is -2.02. The zero-order valence-corrected chi connectivity index (χ0v) is 9.05. The van der Waals surface area contributed by atoms with Crippen LogP contribution in [0.15, 0.2) is 22.7 Å². The van der Waals surface area contributed by atoms with Crippen LogP contribution in [0.4, 0.5) is 8.78 Å². The lowest BCUT2D eigenvalue weighted by molar-refractivity contribution is 0.0679. The van der Waals surface area contributed by atoms with Gasteiger partial charge in [0.25, 0.3) is 0 Å². The van der Waals surface area contributed by atoms with Crippen molar-refractivity contribution >= 4 is 11.9 Å². The van der Waals surface area contributed by atoms with Crippen LogP contribution in [0.5, 0.6) is 0 Å². The second-order valence-corrected chi connectivity index (χ2v) is 3.50. The van der Waals surface area contributed by atoms with Crippen molar-refractivity contribution in [1.29, 1.82) is 0 Å². The number of carboxylic acids is 2. The lowest BCUT2D eigenvalue weighted by Crippen LogP contribution is -2.00. The van der Waals surface area contributed by atoms with E-state index in [0.717, 1.165) is 6.07 Å². The molecule has 0 radical (unpaired) electrons. The highest BCUT2D eigenvalue weighted by molar-refractivity contribution is 5.89. The zero-order valence-electron chi connectivity index (χ0n) is 9.05. The minimum Gasteiger partial charge on any atom is -0.478 e. The van der Waals surface area contributed by atoms with Crippen molar-refractivity contribution in [1.82, 2.24) is 5.16 Å². The quantitative estimate of drug-likeness (QED) is 0.883. The van der Waals surface area contributed by atoms with E-state index in [1.807, 2.05) is 0 Å². The third kappa shape index (κ3) is 2.28. The number of hydrogen-bond acceptors (Lipinski definition) is 4. The predicted molar refractivity (Wildman–Crippen MR) is 55.8 cm³/mol. The number of hydrogen-bond donors (Lipinski definition) is 2. The number of rotatable bonds is 3. The van der Waals surface area contributed by atoms with Crippen molar-refractivity contribution in [2.45, 2.75) is 0 Å². The Hall–Kier alpha value is -2.77. The maximum atomic E-state index is 13.6. The Bertz CT molecular complexity index is 656. The van der Waals surface area contributed by atoms with Crippen molar-refractivity contribution in [2.24, 2.45) is 0 Å². The van der Waals surface area contributed by atoms with Gasteiger partial charge < -0.3 is 14.7 Å². The third-order valence-corrected chi connectivity index (χ3v) is 2.26. The van der Waals surface area contributed by atoms with Gasteiger partial charge in [-0.25, -0.2) is 18.4 Å². The van der Waals surface area contributed by atoms with E-state index >= 15 is 0 Å². The van der Waals surface area contributed by atoms with Gasteiger partial charge in [0, 0.05) is 6.07 Å². The molecule has 0 fully saturated rings. The van der Waals surface area contributed by atoms with E-state index in [0.29, 0.717) is 12.1 Å². The van der Waals surface area contributed by atoms with Crippen LogP contribution < -0.4 is 0 Å². The summed E-state index contributed by atoms with van der Waals surface area (Å²) < 4.78 is 31.8. The number of nitrogens with zero attached hydrogens (tertiary/aromatic N) is 1. The Labute approximate surface area is 103 Å². The second-order valence-electron chi connectivity index (χ2n) is 3.50. The molecule has 0 aliphatic carbocycles. The van der Waals surface area contributed by atoms with Crippen molar-refractivity contribution in [3.63, 3.8) is 0 Å². The minimum atomic E-state index is -1.49. The van der Waals surface area contributed by atoms with E-state index < -0.39 is 46.2 Å². The van der Waals surface area contributed by atoms with Gasteiger partial charge in [0.05, 0.1) is 11.1 Å². The summed E-state index contributed by atoms with van der Waals surface area (Å²) in [5.74, 6) is -5.73. The monoisotopic (exact) mass is 269 g/mol. The average molecular weight is 269 g/mol. The molecule has 98 valence electrons. The predicted octanol–water partition coefficient (Wildman–Crippen LogP) is 2.02. The summed E-state index contributed by atoms with van der Waals surface area (Å²) in [4.78, 5) is 21.2. The van der Waals surface area contributed by atoms with E-state index in [2.05, 4.69) is 9.68 Å². The Kier molecular flexibility index (Phi) is 2.99. The summed E-state index contributed by atoms with van der Waals surface area (Å²) in [6, 6.07) is 2.04. The largest absolute Gasteiger partial charge is 0.478 e. The van der Waals surface area contributed by atoms with Gasteiger partial charge in [0.1, 0.15) is 11.6 Å². The van der Waals surface area contributed by atoms with Gasteiger partial charge in [-0.1, -0.05) is 5.16 Å². The molecule has 2 aromatic rings. The molecule has 0 saturated carbocycles. The molecule has 19 heavy (non-hydrogen) atoms. The average Bonchev–Trinajstić information content (AvgIpc) is 2.77. The Morgan fingerprint density at radius 2 is 1.63 bits per heavy atom. The normalized spacial score (nSPS) is 10.4. The van der Waals surface area contributed by atoms with E-state index in [9.17, 15) is 18.4 Å². The molecule has 0 aliphatic heterocycles. The van der Waals surface area contributed by atoms with E-state index in [-0.39, 0.29) is 0 Å². The van der Waals surface area contributed by atoms with Crippen LogP contribution in [0.1, 0.15) is 20.8 Å². The second kappa shape index (κ2) is 4.48. The Morgan fingerprint density at radius 3 is 2.05 bits per heavy atom. The number of carboxylic acid groups (broad SMARTS) is 2. The van der Waals surface area contributed by atoms with Gasteiger partial charge >= 0.3 is 11.9 Å². The van der Waals surface area contributed by atoms with Gasteiger partial charge in [-0.05, 0) is 12.1 Å². The molecule has 0 saturated heterocycles. The summed E-state index contributed by atoms with van der Waals surface area (Å²) >= 11 is 0. The smallest absolute Gasteiger partial charge is 0.358 e. The zero-order chi connectivity index (χ0) is 14.2. The number of benzene rings is 1. The Balaban J connectivity index is 2.55. The first-order valence-electron chi connectivity index (χ1n) is 4.83. The van der Waals surface area contributed by atoms with Gasteiger partial charge in [0.2, 0.25) is 0 Å². The lowest BCUT2D eigenvalue weighted by atomic mass is 10.1. The van der Waals surface area contributed by atoms with Gasteiger partial charge in [-0.3, -0.25) is 0 Å². The third-order valence-electron chi connectivity index (χ3n) is 2.26. The number of carbonyl (C=O) groups is 2. The summed E-state index contributed by atoms with van der Waals surface area (Å²) in [7, 11) is 0. The highest BCUT2D eigenvalue weighted by Crippen LogP contribution is 2.27. The Morgan fingerprint density at radius 1 is 1.05 bits per heavy atom. The van der Waals surface area contributed by atoms with Gasteiger partial charge in [0.15, 0.2) is 11.5 Å². The highest BCUT2D eigenvalue weighted by atomic mass is 19.1. The molecule has 1 aromatic heterocycles. The van der Waals surface area contributed by atoms with Crippen molar-refractivity contribution in [2.75, 3.05) is 0 Å². The molecule has 0 unspecified atom stereocenters. The topological polar surface area (TPSA) is 101 Å². The summed E-state index contributed by atoms with van der Waals surface area (Å²) in [6.45, 7) is 0. The number of aromatic nitrogens is 1. The van der Waals surface area contributed by atoms with Crippen LogP contribution in [0.25, 0.3) is 11.3 Å². The first kappa shape index (κ1) is 12.7. The van der Waals surface area contributed by atoms with Crippen molar-refractivity contribution < 1.29 is 33.1 Å². The first-order chi connectivity index (χ1) is 8.90. The molecule has 0 aliphatic rings. The molecule has 0 spiro atoms. The van der Waals surface area contributed by atoms with Crippen LogP contribution in [0, 0.1) is 11.6 Å². The van der Waals surface area contributed by atoms with Gasteiger partial charge in [-0.15, -0.1) is 0 Å². The number of halogens is 2. The summed E-state index contributed by atoms with van der Waals surface area (Å²) in [5.41, 5.74) is -1.77. The van der Waals surface area contributed by atoms with Crippen LogP contribution in [0.3, 0.4) is 0 Å². The maximum Gasteiger partial charge on any atom is 0.358 e. The van der Waals surface area contributed by atoms with Gasteiger partial charge in [-0.2, -0.15) is 0 Å². The van der Waals surface area contributed by atoms with E-state index in [1.54, 1.807) is 0 Å². The molecule has 0 bridgehead atoms. The van der Waals surface area contributed by atoms with Crippen LogP contribution in [0.2, 0.25) is 0 Å². The van der Waals surface area contributed by atoms with E-state index in [1.165, 1.54) is 0 Å². The van der Waals surface area contributed by atoms with Crippen LogP contribution in [-0.2, 0) is 0 Å². The fourth-order valence-electron chi connectivity index (χ4n) is 1.43. The van der Waals surface area contributed by atoms with Crippen LogP contribution >= 0.6 is 0 Å². The minimum absolute atomic E-state index is 0.440. The molecule has 0 amide bonds. The SMILES string of the molecule is O=C(O)c1cc(F)c(-c2cc(C(=O)O)no2)c(F)c1. The molecule has 1 aromatic carbocycles. The molecule has 2 N–H and O–H groups in total. The number of aromatic carboxylic acids is 2. The molecule has 6 nitrogen and oxygen atoms in total. The first-order valence-corrected chi connectivity index (χ1v) is 4.83.